The zero-order valence-corrected chi connectivity index (χ0v) is 17.1. The molecule has 0 bridgehead atoms. The van der Waals surface area contributed by atoms with E-state index in [4.69, 9.17) is 21.7 Å². The van der Waals surface area contributed by atoms with Gasteiger partial charge < -0.3 is 14.8 Å². The Morgan fingerprint density at radius 1 is 0.800 bits per heavy atom. The first kappa shape index (κ1) is 21.1. The number of anilines is 1. The highest BCUT2D eigenvalue weighted by molar-refractivity contribution is 7.80. The summed E-state index contributed by atoms with van der Waals surface area (Å²) in [7, 11) is 0. The van der Waals surface area contributed by atoms with Crippen LogP contribution in [-0.2, 0) is 4.79 Å². The second-order valence-corrected chi connectivity index (χ2v) is 6.63. The Balaban J connectivity index is 1.38. The van der Waals surface area contributed by atoms with Gasteiger partial charge in [-0.1, -0.05) is 48.5 Å². The van der Waals surface area contributed by atoms with Gasteiger partial charge in [0.2, 0.25) is 5.91 Å². The van der Waals surface area contributed by atoms with Crippen LogP contribution >= 0.6 is 12.2 Å². The minimum Gasteiger partial charge on any atom is -0.490 e. The summed E-state index contributed by atoms with van der Waals surface area (Å²) in [5.41, 5.74) is 1.69. The fourth-order valence-corrected chi connectivity index (χ4v) is 2.74. The largest absolute Gasteiger partial charge is 0.490 e. The first-order valence-corrected chi connectivity index (χ1v) is 9.86. The molecule has 3 aromatic rings. The molecule has 0 aliphatic carbocycles. The molecule has 0 saturated carbocycles. The molecule has 0 aliphatic heterocycles. The topological polar surface area (TPSA) is 59.6 Å². The van der Waals surface area contributed by atoms with E-state index in [2.05, 4.69) is 10.6 Å². The molecule has 0 heterocycles. The maximum absolute atomic E-state index is 12.0. The van der Waals surface area contributed by atoms with Gasteiger partial charge in [-0.15, -0.1) is 0 Å². The number of nitrogens with one attached hydrogen (secondary N) is 2. The Bertz CT molecular complexity index is 974. The van der Waals surface area contributed by atoms with Crippen molar-refractivity contribution in [2.24, 2.45) is 0 Å². The van der Waals surface area contributed by atoms with Gasteiger partial charge >= 0.3 is 0 Å². The highest BCUT2D eigenvalue weighted by atomic mass is 32.1. The third kappa shape index (κ3) is 7.41. The van der Waals surface area contributed by atoms with Crippen molar-refractivity contribution >= 4 is 35.0 Å². The number of rotatable bonds is 8. The van der Waals surface area contributed by atoms with E-state index in [1.165, 1.54) is 6.08 Å². The summed E-state index contributed by atoms with van der Waals surface area (Å²) in [5, 5.41) is 5.81. The van der Waals surface area contributed by atoms with Crippen molar-refractivity contribution in [2.45, 2.75) is 0 Å². The average molecular weight is 419 g/mol. The van der Waals surface area contributed by atoms with Gasteiger partial charge in [-0.25, -0.2) is 0 Å². The summed E-state index contributed by atoms with van der Waals surface area (Å²) in [6.07, 6.45) is 3.17. The summed E-state index contributed by atoms with van der Waals surface area (Å²) < 4.78 is 11.3. The summed E-state index contributed by atoms with van der Waals surface area (Å²) in [4.78, 5) is 12.0. The summed E-state index contributed by atoms with van der Waals surface area (Å²) >= 11 is 5.18. The molecule has 0 spiro atoms. The van der Waals surface area contributed by atoms with Crippen LogP contribution in [-0.4, -0.2) is 24.2 Å². The van der Waals surface area contributed by atoms with E-state index < -0.39 is 0 Å². The van der Waals surface area contributed by atoms with Crippen LogP contribution in [0.25, 0.3) is 6.08 Å². The first-order valence-electron chi connectivity index (χ1n) is 9.45. The van der Waals surface area contributed by atoms with Crippen LogP contribution in [0.3, 0.4) is 0 Å². The Hall–Kier alpha value is -3.64. The molecule has 3 aromatic carbocycles. The first-order chi connectivity index (χ1) is 14.7. The fraction of sp³-hybridized carbons (Fsp3) is 0.0833. The van der Waals surface area contributed by atoms with Crippen LogP contribution in [0.15, 0.2) is 91.0 Å². The smallest absolute Gasteiger partial charge is 0.250 e. The maximum Gasteiger partial charge on any atom is 0.250 e. The molecule has 5 nitrogen and oxygen atoms in total. The lowest BCUT2D eigenvalue weighted by Gasteiger charge is -2.10. The Labute approximate surface area is 181 Å². The van der Waals surface area contributed by atoms with Gasteiger partial charge in [-0.3, -0.25) is 10.1 Å². The summed E-state index contributed by atoms with van der Waals surface area (Å²) in [6.45, 7) is 0.889. The molecular weight excluding hydrogens is 396 g/mol. The van der Waals surface area contributed by atoms with E-state index in [-0.39, 0.29) is 11.0 Å². The molecule has 0 aromatic heterocycles. The molecule has 0 fully saturated rings. The third-order valence-electron chi connectivity index (χ3n) is 3.94. The van der Waals surface area contributed by atoms with Gasteiger partial charge in [0.15, 0.2) is 5.11 Å². The molecule has 1 amide bonds. The number of ether oxygens (including phenoxy) is 2. The molecular formula is C24H22N2O3S. The number of thiocarbonyl (C=S) groups is 1. The normalized spacial score (nSPS) is 10.4. The van der Waals surface area contributed by atoms with Gasteiger partial charge in [0.25, 0.3) is 0 Å². The quantitative estimate of drug-likeness (QED) is 0.316. The number of carbonyl (C=O) groups excluding carboxylic acids is 1. The van der Waals surface area contributed by atoms with E-state index in [9.17, 15) is 4.79 Å². The van der Waals surface area contributed by atoms with Crippen LogP contribution < -0.4 is 20.1 Å². The van der Waals surface area contributed by atoms with Crippen LogP contribution in [0.1, 0.15) is 5.56 Å². The number of hydrogen-bond acceptors (Lipinski definition) is 4. The number of para-hydroxylation sites is 1. The van der Waals surface area contributed by atoms with Gasteiger partial charge in [0.1, 0.15) is 24.7 Å². The Morgan fingerprint density at radius 3 is 2.00 bits per heavy atom. The summed E-state index contributed by atoms with van der Waals surface area (Å²) in [6, 6.07) is 26.5. The van der Waals surface area contributed by atoms with Crippen molar-refractivity contribution in [1.82, 2.24) is 5.32 Å². The third-order valence-corrected chi connectivity index (χ3v) is 4.14. The minimum absolute atomic E-state index is 0.225. The van der Waals surface area contributed by atoms with Gasteiger partial charge in [-0.05, 0) is 60.3 Å². The molecule has 0 unspecified atom stereocenters. The molecule has 0 saturated heterocycles. The Kier molecular flexibility index (Phi) is 8.00. The maximum atomic E-state index is 12.0. The predicted octanol–water partition coefficient (Wildman–Crippen LogP) is 4.67. The van der Waals surface area contributed by atoms with Crippen molar-refractivity contribution < 1.29 is 14.3 Å². The average Bonchev–Trinajstić information content (AvgIpc) is 2.78. The lowest BCUT2D eigenvalue weighted by Crippen LogP contribution is -2.32. The second kappa shape index (κ2) is 11.4. The van der Waals surface area contributed by atoms with E-state index >= 15 is 0 Å². The minimum atomic E-state index is -0.297. The number of hydrogen-bond donors (Lipinski definition) is 2. The van der Waals surface area contributed by atoms with E-state index in [1.807, 2.05) is 84.9 Å². The molecule has 152 valence electrons. The number of carbonyl (C=O) groups is 1. The standard InChI is InChI=1S/C24H22N2O3S/c27-23(16-11-19-7-3-1-4-8-19)26-24(30)25-20-12-14-22(15-13-20)29-18-17-28-21-9-5-2-6-10-21/h1-16H,17-18H2,(H2,25,26,27,30). The van der Waals surface area contributed by atoms with Crippen molar-refractivity contribution in [3.63, 3.8) is 0 Å². The van der Waals surface area contributed by atoms with Crippen LogP contribution in [0, 0.1) is 0 Å². The van der Waals surface area contributed by atoms with E-state index in [0.717, 1.165) is 22.7 Å². The molecule has 30 heavy (non-hydrogen) atoms. The highest BCUT2D eigenvalue weighted by Gasteiger charge is 2.02. The van der Waals surface area contributed by atoms with Crippen molar-refractivity contribution in [3.8, 4) is 11.5 Å². The molecule has 0 atom stereocenters. The monoisotopic (exact) mass is 418 g/mol. The molecule has 2 N–H and O–H groups in total. The van der Waals surface area contributed by atoms with E-state index in [1.54, 1.807) is 6.08 Å². The van der Waals surface area contributed by atoms with Gasteiger partial charge in [0.05, 0.1) is 0 Å². The zero-order valence-electron chi connectivity index (χ0n) is 16.3. The Morgan fingerprint density at radius 2 is 1.37 bits per heavy atom. The number of amides is 1. The highest BCUT2D eigenvalue weighted by Crippen LogP contribution is 2.16. The number of benzene rings is 3. The zero-order chi connectivity index (χ0) is 21.0. The molecule has 0 radical (unpaired) electrons. The van der Waals surface area contributed by atoms with Crippen LogP contribution in [0.2, 0.25) is 0 Å². The molecule has 6 heteroatoms. The van der Waals surface area contributed by atoms with Gasteiger partial charge in [-0.2, -0.15) is 0 Å². The van der Waals surface area contributed by atoms with E-state index in [0.29, 0.717) is 13.2 Å². The fourth-order valence-electron chi connectivity index (χ4n) is 2.52. The molecule has 0 aliphatic rings. The summed E-state index contributed by atoms with van der Waals surface area (Å²) in [5.74, 6) is 1.24. The SMILES string of the molecule is O=C(C=Cc1ccccc1)NC(=S)Nc1ccc(OCCOc2ccccc2)cc1. The lowest BCUT2D eigenvalue weighted by atomic mass is 10.2. The molecule has 3 rings (SSSR count). The van der Waals surface area contributed by atoms with Crippen molar-refractivity contribution in [3.05, 3.63) is 96.6 Å². The lowest BCUT2D eigenvalue weighted by molar-refractivity contribution is -0.115. The van der Waals surface area contributed by atoms with Crippen LogP contribution in [0.5, 0.6) is 11.5 Å². The second-order valence-electron chi connectivity index (χ2n) is 6.22. The predicted molar refractivity (Wildman–Crippen MR) is 124 cm³/mol. The van der Waals surface area contributed by atoms with Crippen LogP contribution in [0.4, 0.5) is 5.69 Å². The van der Waals surface area contributed by atoms with Crippen molar-refractivity contribution in [2.75, 3.05) is 18.5 Å². The van der Waals surface area contributed by atoms with Crippen molar-refractivity contribution in [1.29, 1.82) is 0 Å². The van der Waals surface area contributed by atoms with Gasteiger partial charge in [0, 0.05) is 11.8 Å².